The molecule has 2 aromatic rings. The van der Waals surface area contributed by atoms with Crippen LogP contribution >= 0.6 is 0 Å². The summed E-state index contributed by atoms with van der Waals surface area (Å²) >= 11 is 0. The van der Waals surface area contributed by atoms with Gasteiger partial charge in [0.1, 0.15) is 5.75 Å². The van der Waals surface area contributed by atoms with E-state index in [0.717, 1.165) is 0 Å². The van der Waals surface area contributed by atoms with E-state index in [-0.39, 0.29) is 34.8 Å². The number of methoxy groups -OCH3 is 1. The number of nitrogens with zero attached hydrogens (tertiary/aromatic N) is 1. The van der Waals surface area contributed by atoms with Gasteiger partial charge in [-0.3, -0.25) is 14.3 Å². The number of hydrogen-bond donors (Lipinski definition) is 1. The lowest BCUT2D eigenvalue weighted by atomic mass is 9.97. The maximum absolute atomic E-state index is 13.0. The van der Waals surface area contributed by atoms with E-state index in [1.807, 2.05) is 0 Å². The summed E-state index contributed by atoms with van der Waals surface area (Å²) in [5.41, 5.74) is 0.632. The monoisotopic (exact) mass is 446 g/mol. The van der Waals surface area contributed by atoms with Crippen molar-refractivity contribution in [2.75, 3.05) is 31.5 Å². The van der Waals surface area contributed by atoms with Crippen molar-refractivity contribution < 1.29 is 27.5 Å². The third-order valence-electron chi connectivity index (χ3n) is 5.06. The molecule has 1 N–H and O–H groups in total. The molecule has 0 spiro atoms. The lowest BCUT2D eigenvalue weighted by molar-refractivity contribution is -0.149. The highest BCUT2D eigenvalue weighted by Gasteiger charge is 2.30. The summed E-state index contributed by atoms with van der Waals surface area (Å²) in [6.45, 7) is 2.81. The number of nitrogens with one attached hydrogen (secondary N) is 1. The quantitative estimate of drug-likeness (QED) is 0.656. The van der Waals surface area contributed by atoms with E-state index in [9.17, 15) is 18.0 Å². The van der Waals surface area contributed by atoms with Crippen molar-refractivity contribution in [3.8, 4) is 5.75 Å². The second-order valence-electron chi connectivity index (χ2n) is 7.20. The fourth-order valence-corrected chi connectivity index (χ4v) is 4.57. The summed E-state index contributed by atoms with van der Waals surface area (Å²) < 4.78 is 38.2. The zero-order chi connectivity index (χ0) is 22.4. The van der Waals surface area contributed by atoms with E-state index in [1.54, 1.807) is 42.2 Å². The van der Waals surface area contributed by atoms with Gasteiger partial charge in [0.25, 0.3) is 15.9 Å². The molecule has 0 saturated carbocycles. The number of benzene rings is 2. The second-order valence-corrected chi connectivity index (χ2v) is 8.89. The molecule has 166 valence electrons. The van der Waals surface area contributed by atoms with Crippen LogP contribution in [0.5, 0.6) is 5.75 Å². The minimum Gasteiger partial charge on any atom is -0.497 e. The van der Waals surface area contributed by atoms with Crippen LogP contribution < -0.4 is 9.46 Å². The van der Waals surface area contributed by atoms with Gasteiger partial charge < -0.3 is 14.4 Å². The molecule has 1 aliphatic heterocycles. The molecular formula is C22H26N2O6S. The molecule has 1 unspecified atom stereocenters. The Kier molecular flexibility index (Phi) is 7.17. The van der Waals surface area contributed by atoms with Gasteiger partial charge in [-0.05, 0) is 62.2 Å². The number of anilines is 1. The molecule has 1 fully saturated rings. The van der Waals surface area contributed by atoms with Crippen molar-refractivity contribution in [3.63, 3.8) is 0 Å². The van der Waals surface area contributed by atoms with Gasteiger partial charge >= 0.3 is 5.97 Å². The van der Waals surface area contributed by atoms with Crippen LogP contribution in [0, 0.1) is 5.92 Å². The second kappa shape index (κ2) is 9.82. The van der Waals surface area contributed by atoms with E-state index < -0.39 is 10.0 Å². The van der Waals surface area contributed by atoms with Crippen molar-refractivity contribution in [2.45, 2.75) is 24.7 Å². The highest BCUT2D eigenvalue weighted by molar-refractivity contribution is 7.92. The molecule has 1 aliphatic rings. The first-order valence-corrected chi connectivity index (χ1v) is 11.5. The fourth-order valence-electron chi connectivity index (χ4n) is 3.47. The number of sulfonamides is 1. The van der Waals surface area contributed by atoms with E-state index in [0.29, 0.717) is 37.4 Å². The average Bonchev–Trinajstić information content (AvgIpc) is 2.79. The Balaban J connectivity index is 1.75. The van der Waals surface area contributed by atoms with Gasteiger partial charge in [-0.2, -0.15) is 0 Å². The number of amides is 1. The maximum Gasteiger partial charge on any atom is 0.310 e. The van der Waals surface area contributed by atoms with Crippen LogP contribution in [-0.2, 0) is 19.6 Å². The van der Waals surface area contributed by atoms with Crippen LogP contribution in [0.4, 0.5) is 5.69 Å². The van der Waals surface area contributed by atoms with E-state index in [1.165, 1.54) is 25.3 Å². The van der Waals surface area contributed by atoms with Crippen LogP contribution in [0.2, 0.25) is 0 Å². The molecule has 8 nitrogen and oxygen atoms in total. The summed E-state index contributed by atoms with van der Waals surface area (Å²) in [6, 6.07) is 12.4. The Morgan fingerprint density at radius 2 is 1.90 bits per heavy atom. The van der Waals surface area contributed by atoms with Crippen LogP contribution in [-0.4, -0.2) is 52.0 Å². The van der Waals surface area contributed by atoms with Crippen molar-refractivity contribution in [1.29, 1.82) is 0 Å². The molecule has 2 aromatic carbocycles. The lowest BCUT2D eigenvalue weighted by Crippen LogP contribution is -2.42. The Morgan fingerprint density at radius 3 is 2.58 bits per heavy atom. The van der Waals surface area contributed by atoms with Crippen LogP contribution in [0.1, 0.15) is 30.1 Å². The SMILES string of the molecule is CCOC(=O)C1CCCN(C(=O)c2cccc(S(=O)(=O)Nc3ccc(OC)cc3)c2)C1. The summed E-state index contributed by atoms with van der Waals surface area (Å²) in [5.74, 6) is -0.366. The highest BCUT2D eigenvalue weighted by Crippen LogP contribution is 2.23. The van der Waals surface area contributed by atoms with Gasteiger partial charge in [0, 0.05) is 24.3 Å². The molecule has 0 radical (unpaired) electrons. The summed E-state index contributed by atoms with van der Waals surface area (Å²) in [4.78, 5) is 26.6. The molecule has 3 rings (SSSR count). The van der Waals surface area contributed by atoms with Crippen LogP contribution in [0.25, 0.3) is 0 Å². The number of piperidine rings is 1. The topological polar surface area (TPSA) is 102 Å². The van der Waals surface area contributed by atoms with E-state index in [2.05, 4.69) is 4.72 Å². The van der Waals surface area contributed by atoms with Gasteiger partial charge in [0.15, 0.2) is 0 Å². The standard InChI is InChI=1S/C22H26N2O6S/c1-3-30-22(26)17-7-5-13-24(15-17)21(25)16-6-4-8-20(14-16)31(27,28)23-18-9-11-19(29-2)12-10-18/h4,6,8-12,14,17,23H,3,5,7,13,15H2,1-2H3. The molecular weight excluding hydrogens is 420 g/mol. The number of hydrogen-bond acceptors (Lipinski definition) is 6. The molecule has 1 heterocycles. The van der Waals surface area contributed by atoms with Gasteiger partial charge in [-0.15, -0.1) is 0 Å². The molecule has 0 aliphatic carbocycles. The summed E-state index contributed by atoms with van der Waals surface area (Å²) in [6.07, 6.45) is 1.36. The average molecular weight is 447 g/mol. The Labute approximate surface area is 182 Å². The smallest absolute Gasteiger partial charge is 0.310 e. The maximum atomic E-state index is 13.0. The van der Waals surface area contributed by atoms with Crippen molar-refractivity contribution >= 4 is 27.6 Å². The van der Waals surface area contributed by atoms with Crippen molar-refractivity contribution in [3.05, 3.63) is 54.1 Å². The molecule has 1 saturated heterocycles. The third kappa shape index (κ3) is 5.55. The highest BCUT2D eigenvalue weighted by atomic mass is 32.2. The number of rotatable bonds is 7. The fraction of sp³-hybridized carbons (Fsp3) is 0.364. The number of carbonyl (C=O) groups is 2. The number of esters is 1. The Bertz CT molecular complexity index is 1040. The van der Waals surface area contributed by atoms with E-state index >= 15 is 0 Å². The predicted molar refractivity (Wildman–Crippen MR) is 116 cm³/mol. The first-order chi connectivity index (χ1) is 14.8. The number of ether oxygens (including phenoxy) is 2. The van der Waals surface area contributed by atoms with Gasteiger partial charge in [0.2, 0.25) is 0 Å². The Morgan fingerprint density at radius 1 is 1.16 bits per heavy atom. The molecule has 0 bridgehead atoms. The normalized spacial score (nSPS) is 16.5. The molecule has 1 atom stereocenters. The molecule has 0 aromatic heterocycles. The molecule has 9 heteroatoms. The van der Waals surface area contributed by atoms with Gasteiger partial charge in [-0.1, -0.05) is 6.07 Å². The minimum absolute atomic E-state index is 0.0203. The number of likely N-dealkylation sites (tertiary alicyclic amines) is 1. The van der Waals surface area contributed by atoms with Gasteiger partial charge in [0.05, 0.1) is 24.5 Å². The minimum atomic E-state index is -3.89. The largest absolute Gasteiger partial charge is 0.497 e. The third-order valence-corrected chi connectivity index (χ3v) is 6.44. The molecule has 31 heavy (non-hydrogen) atoms. The lowest BCUT2D eigenvalue weighted by Gasteiger charge is -2.31. The van der Waals surface area contributed by atoms with Gasteiger partial charge in [-0.25, -0.2) is 8.42 Å². The zero-order valence-electron chi connectivity index (χ0n) is 17.5. The first kappa shape index (κ1) is 22.6. The van der Waals surface area contributed by atoms with Crippen LogP contribution in [0.15, 0.2) is 53.4 Å². The zero-order valence-corrected chi connectivity index (χ0v) is 18.4. The summed E-state index contributed by atoms with van der Waals surface area (Å²) in [5, 5.41) is 0. The van der Waals surface area contributed by atoms with Crippen molar-refractivity contribution in [2.24, 2.45) is 5.92 Å². The summed E-state index contributed by atoms with van der Waals surface area (Å²) in [7, 11) is -2.36. The predicted octanol–water partition coefficient (Wildman–Crippen LogP) is 2.91. The Hall–Kier alpha value is -3.07. The number of carbonyl (C=O) groups excluding carboxylic acids is 2. The van der Waals surface area contributed by atoms with Crippen molar-refractivity contribution in [1.82, 2.24) is 4.90 Å². The van der Waals surface area contributed by atoms with E-state index in [4.69, 9.17) is 9.47 Å². The molecule has 1 amide bonds. The van der Waals surface area contributed by atoms with Crippen LogP contribution in [0.3, 0.4) is 0 Å². The first-order valence-electron chi connectivity index (χ1n) is 10.1.